The van der Waals surface area contributed by atoms with E-state index >= 15 is 0 Å². The van der Waals surface area contributed by atoms with Gasteiger partial charge in [0.1, 0.15) is 5.69 Å². The minimum absolute atomic E-state index is 0.0186. The summed E-state index contributed by atoms with van der Waals surface area (Å²) in [5, 5.41) is 3.25. The van der Waals surface area contributed by atoms with Gasteiger partial charge in [0.05, 0.1) is 0 Å². The SMILES string of the molecule is CCN1CCN(C(=O)c2cc(C)nc(Nc3ccc(C)cc3C)n2)CC1. The minimum Gasteiger partial charge on any atom is -0.335 e. The number of rotatable bonds is 4. The van der Waals surface area contributed by atoms with Gasteiger partial charge in [-0.05, 0) is 45.0 Å². The number of hydrogen-bond acceptors (Lipinski definition) is 5. The van der Waals surface area contributed by atoms with Crippen molar-refractivity contribution in [3.63, 3.8) is 0 Å². The predicted molar refractivity (Wildman–Crippen MR) is 104 cm³/mol. The van der Waals surface area contributed by atoms with Crippen LogP contribution in [0.3, 0.4) is 0 Å². The Bertz CT molecular complexity index is 797. The molecule has 1 aliphatic rings. The van der Waals surface area contributed by atoms with E-state index in [9.17, 15) is 4.79 Å². The van der Waals surface area contributed by atoms with E-state index in [0.29, 0.717) is 11.6 Å². The third-order valence-electron chi connectivity index (χ3n) is 4.81. The van der Waals surface area contributed by atoms with Gasteiger partial charge in [-0.2, -0.15) is 0 Å². The molecule has 0 atom stereocenters. The van der Waals surface area contributed by atoms with Crippen LogP contribution in [0.1, 0.15) is 34.2 Å². The highest BCUT2D eigenvalue weighted by molar-refractivity contribution is 5.92. The molecule has 138 valence electrons. The van der Waals surface area contributed by atoms with Crippen molar-refractivity contribution in [1.82, 2.24) is 19.8 Å². The monoisotopic (exact) mass is 353 g/mol. The van der Waals surface area contributed by atoms with Gasteiger partial charge in [-0.1, -0.05) is 24.6 Å². The van der Waals surface area contributed by atoms with Gasteiger partial charge in [-0.15, -0.1) is 0 Å². The van der Waals surface area contributed by atoms with E-state index in [2.05, 4.69) is 40.1 Å². The Hall–Kier alpha value is -2.47. The third-order valence-corrected chi connectivity index (χ3v) is 4.81. The molecule has 0 spiro atoms. The molecule has 1 saturated heterocycles. The number of benzene rings is 1. The molecule has 0 unspecified atom stereocenters. The van der Waals surface area contributed by atoms with Gasteiger partial charge >= 0.3 is 0 Å². The number of carbonyl (C=O) groups is 1. The fraction of sp³-hybridized carbons (Fsp3) is 0.450. The molecular formula is C20H27N5O. The Balaban J connectivity index is 1.78. The van der Waals surface area contributed by atoms with Crippen LogP contribution in [0.2, 0.25) is 0 Å². The van der Waals surface area contributed by atoms with E-state index < -0.39 is 0 Å². The van der Waals surface area contributed by atoms with E-state index in [1.165, 1.54) is 5.56 Å². The van der Waals surface area contributed by atoms with Crippen LogP contribution in [0.15, 0.2) is 24.3 Å². The number of carbonyl (C=O) groups excluding carboxylic acids is 1. The van der Waals surface area contributed by atoms with Gasteiger partial charge in [0.25, 0.3) is 5.91 Å². The summed E-state index contributed by atoms with van der Waals surface area (Å²) in [6, 6.07) is 7.94. The molecule has 0 radical (unpaired) electrons. The van der Waals surface area contributed by atoms with Crippen molar-refractivity contribution in [1.29, 1.82) is 0 Å². The van der Waals surface area contributed by atoms with Crippen molar-refractivity contribution < 1.29 is 4.79 Å². The molecule has 1 amide bonds. The van der Waals surface area contributed by atoms with Crippen molar-refractivity contribution in [3.8, 4) is 0 Å². The Morgan fingerprint density at radius 3 is 2.46 bits per heavy atom. The minimum atomic E-state index is -0.0186. The highest BCUT2D eigenvalue weighted by atomic mass is 16.2. The molecule has 1 fully saturated rings. The van der Waals surface area contributed by atoms with Crippen molar-refractivity contribution in [3.05, 3.63) is 46.8 Å². The van der Waals surface area contributed by atoms with Gasteiger partial charge < -0.3 is 15.1 Å². The molecule has 2 aromatic rings. The largest absolute Gasteiger partial charge is 0.335 e. The lowest BCUT2D eigenvalue weighted by Gasteiger charge is -2.33. The first-order valence-electron chi connectivity index (χ1n) is 9.18. The highest BCUT2D eigenvalue weighted by Crippen LogP contribution is 2.20. The van der Waals surface area contributed by atoms with Crippen LogP contribution in [0, 0.1) is 20.8 Å². The summed E-state index contributed by atoms with van der Waals surface area (Å²) in [6.45, 7) is 12.5. The first kappa shape index (κ1) is 18.3. The summed E-state index contributed by atoms with van der Waals surface area (Å²) < 4.78 is 0. The van der Waals surface area contributed by atoms with Crippen molar-refractivity contribution in [2.24, 2.45) is 0 Å². The molecule has 2 heterocycles. The van der Waals surface area contributed by atoms with Crippen molar-refractivity contribution in [2.45, 2.75) is 27.7 Å². The maximum atomic E-state index is 12.9. The highest BCUT2D eigenvalue weighted by Gasteiger charge is 2.23. The summed E-state index contributed by atoms with van der Waals surface area (Å²) in [5.41, 5.74) is 4.52. The van der Waals surface area contributed by atoms with Crippen molar-refractivity contribution >= 4 is 17.5 Å². The fourth-order valence-electron chi connectivity index (χ4n) is 3.24. The van der Waals surface area contributed by atoms with E-state index in [-0.39, 0.29) is 5.91 Å². The van der Waals surface area contributed by atoms with Gasteiger partial charge in [0, 0.05) is 37.6 Å². The maximum absolute atomic E-state index is 12.9. The number of piperazine rings is 1. The Labute approximate surface area is 155 Å². The van der Waals surface area contributed by atoms with Crippen LogP contribution < -0.4 is 5.32 Å². The van der Waals surface area contributed by atoms with E-state index in [0.717, 1.165) is 49.7 Å². The summed E-state index contributed by atoms with van der Waals surface area (Å²) in [4.78, 5) is 26.0. The second-order valence-corrected chi connectivity index (χ2v) is 6.89. The van der Waals surface area contributed by atoms with Crippen LogP contribution in [-0.2, 0) is 0 Å². The third kappa shape index (κ3) is 4.19. The Morgan fingerprint density at radius 2 is 1.81 bits per heavy atom. The predicted octanol–water partition coefficient (Wildman–Crippen LogP) is 2.92. The van der Waals surface area contributed by atoms with Crippen LogP contribution in [0.5, 0.6) is 0 Å². The molecule has 3 rings (SSSR count). The lowest BCUT2D eigenvalue weighted by atomic mass is 10.1. The molecule has 0 aliphatic carbocycles. The quantitative estimate of drug-likeness (QED) is 0.916. The number of aryl methyl sites for hydroxylation is 3. The molecule has 1 aromatic carbocycles. The molecule has 0 saturated carbocycles. The smallest absolute Gasteiger partial charge is 0.272 e. The average Bonchev–Trinajstić information content (AvgIpc) is 2.63. The maximum Gasteiger partial charge on any atom is 0.272 e. The zero-order valence-corrected chi connectivity index (χ0v) is 16.0. The Kier molecular flexibility index (Phi) is 5.52. The number of hydrogen-bond donors (Lipinski definition) is 1. The van der Waals surface area contributed by atoms with Crippen LogP contribution >= 0.6 is 0 Å². The van der Waals surface area contributed by atoms with Gasteiger partial charge in [0.15, 0.2) is 0 Å². The molecule has 26 heavy (non-hydrogen) atoms. The molecule has 0 bridgehead atoms. The topological polar surface area (TPSA) is 61.4 Å². The molecule has 6 heteroatoms. The zero-order valence-electron chi connectivity index (χ0n) is 16.0. The average molecular weight is 353 g/mol. The van der Waals surface area contributed by atoms with E-state index in [1.807, 2.05) is 30.9 Å². The van der Waals surface area contributed by atoms with Crippen molar-refractivity contribution in [2.75, 3.05) is 38.0 Å². The van der Waals surface area contributed by atoms with Gasteiger partial charge in [-0.25, -0.2) is 9.97 Å². The summed E-state index contributed by atoms with van der Waals surface area (Å²) in [5.74, 6) is 0.447. The summed E-state index contributed by atoms with van der Waals surface area (Å²) in [6.07, 6.45) is 0. The first-order valence-corrected chi connectivity index (χ1v) is 9.18. The summed E-state index contributed by atoms with van der Waals surface area (Å²) in [7, 11) is 0. The fourth-order valence-corrected chi connectivity index (χ4v) is 3.24. The lowest BCUT2D eigenvalue weighted by Crippen LogP contribution is -2.48. The molecule has 1 aliphatic heterocycles. The first-order chi connectivity index (χ1) is 12.5. The molecule has 6 nitrogen and oxygen atoms in total. The van der Waals surface area contributed by atoms with E-state index in [4.69, 9.17) is 0 Å². The number of aromatic nitrogens is 2. The normalized spacial score (nSPS) is 15.2. The number of nitrogens with one attached hydrogen (secondary N) is 1. The second-order valence-electron chi connectivity index (χ2n) is 6.89. The van der Waals surface area contributed by atoms with Gasteiger partial charge in [0.2, 0.25) is 5.95 Å². The molecular weight excluding hydrogens is 326 g/mol. The molecule has 1 N–H and O–H groups in total. The standard InChI is InChI=1S/C20H27N5O/c1-5-24-8-10-25(11-9-24)19(26)18-13-16(4)21-20(23-18)22-17-7-6-14(2)12-15(17)3/h6-7,12-13H,5,8-11H2,1-4H3,(H,21,22,23). The number of amides is 1. The number of likely N-dealkylation sites (N-methyl/N-ethyl adjacent to an activating group) is 1. The zero-order chi connectivity index (χ0) is 18.7. The van der Waals surface area contributed by atoms with E-state index in [1.54, 1.807) is 6.07 Å². The Morgan fingerprint density at radius 1 is 1.08 bits per heavy atom. The van der Waals surface area contributed by atoms with Crippen LogP contribution in [-0.4, -0.2) is 58.4 Å². The second kappa shape index (κ2) is 7.83. The van der Waals surface area contributed by atoms with Gasteiger partial charge in [-0.3, -0.25) is 4.79 Å². The lowest BCUT2D eigenvalue weighted by molar-refractivity contribution is 0.0637. The molecule has 1 aromatic heterocycles. The van der Waals surface area contributed by atoms with Crippen LogP contribution in [0.25, 0.3) is 0 Å². The number of anilines is 2. The van der Waals surface area contributed by atoms with Crippen LogP contribution in [0.4, 0.5) is 11.6 Å². The number of nitrogens with zero attached hydrogens (tertiary/aromatic N) is 4. The summed E-state index contributed by atoms with van der Waals surface area (Å²) >= 11 is 0.